The van der Waals surface area contributed by atoms with Gasteiger partial charge in [0, 0.05) is 23.8 Å². The number of oxime groups is 2. The summed E-state index contributed by atoms with van der Waals surface area (Å²) in [7, 11) is 2.43. The summed E-state index contributed by atoms with van der Waals surface area (Å²) in [6.07, 6.45) is 3.09. The number of aromatic nitrogens is 2. The molecule has 0 aliphatic rings. The highest BCUT2D eigenvalue weighted by Gasteiger charge is 2.15. The molecule has 0 radical (unpaired) electrons. The van der Waals surface area contributed by atoms with Gasteiger partial charge in [0.15, 0.2) is 0 Å². The van der Waals surface area contributed by atoms with Crippen LogP contribution >= 0.6 is 22.7 Å². The molecule has 2 aromatic rings. The third-order valence-electron chi connectivity index (χ3n) is 3.68. The van der Waals surface area contributed by atoms with Gasteiger partial charge in [0.1, 0.15) is 25.6 Å². The van der Waals surface area contributed by atoms with E-state index >= 15 is 0 Å². The van der Waals surface area contributed by atoms with E-state index in [0.717, 1.165) is 22.7 Å². The average molecular weight is 479 g/mol. The number of carboxylic acids is 2. The van der Waals surface area contributed by atoms with Crippen LogP contribution < -0.4 is 19.8 Å². The predicted molar refractivity (Wildman–Crippen MR) is 113 cm³/mol. The van der Waals surface area contributed by atoms with Crippen molar-refractivity contribution >= 4 is 46.0 Å². The topological polar surface area (TPSA) is 158 Å². The minimum atomic E-state index is -1.52. The molecule has 32 heavy (non-hydrogen) atoms. The summed E-state index contributed by atoms with van der Waals surface area (Å²) < 4.78 is 3.03. The van der Waals surface area contributed by atoms with Crippen LogP contribution in [0.4, 0.5) is 0 Å². The van der Waals surface area contributed by atoms with Crippen LogP contribution in [0, 0.1) is 0 Å². The molecule has 0 atom stereocenters. The van der Waals surface area contributed by atoms with E-state index in [2.05, 4.69) is 43.3 Å². The Kier molecular flexibility index (Phi) is 8.85. The quantitative estimate of drug-likeness (QED) is 0.215. The third kappa shape index (κ3) is 5.47. The molecule has 0 aromatic carbocycles. The maximum atomic E-state index is 11.4. The van der Waals surface area contributed by atoms with Crippen molar-refractivity contribution in [2.24, 2.45) is 20.5 Å². The molecule has 2 heterocycles. The Labute approximate surface area is 189 Å². The van der Waals surface area contributed by atoms with E-state index in [0.29, 0.717) is 9.60 Å². The number of carbonyl (C=O) groups excluding carboxylic acids is 2. The van der Waals surface area contributed by atoms with E-state index in [1.807, 2.05) is 0 Å². The Morgan fingerprint density at radius 1 is 0.906 bits per heavy atom. The van der Waals surface area contributed by atoms with Gasteiger partial charge in [-0.15, -0.1) is 46.0 Å². The summed E-state index contributed by atoms with van der Waals surface area (Å²) in [5, 5.41) is 41.3. The molecular weight excluding hydrogens is 460 g/mol. The number of aliphatic carboxylic acids is 2. The van der Waals surface area contributed by atoms with Crippen LogP contribution in [0.25, 0.3) is 0 Å². The number of hydrogen-bond donors (Lipinski definition) is 0. The second-order valence-corrected chi connectivity index (χ2v) is 7.30. The van der Waals surface area contributed by atoms with Crippen molar-refractivity contribution in [1.82, 2.24) is 9.13 Å². The summed E-state index contributed by atoms with van der Waals surface area (Å²) in [6.45, 7) is 7.74. The Balaban J connectivity index is 2.70. The average Bonchev–Trinajstić information content (AvgIpc) is 3.33. The Hall–Kier alpha value is -3.78. The number of carboxylic acid groups (broad SMARTS) is 2. The fourth-order valence-electron chi connectivity index (χ4n) is 2.46. The molecule has 0 fully saturated rings. The van der Waals surface area contributed by atoms with Crippen LogP contribution in [-0.4, -0.2) is 46.7 Å². The van der Waals surface area contributed by atoms with E-state index in [1.54, 1.807) is 12.2 Å². The highest BCUT2D eigenvalue weighted by Crippen LogP contribution is 2.07. The second kappa shape index (κ2) is 11.6. The minimum Gasteiger partial charge on any atom is -0.543 e. The van der Waals surface area contributed by atoms with Crippen LogP contribution in [0.1, 0.15) is 11.4 Å². The van der Waals surface area contributed by atoms with E-state index in [9.17, 15) is 19.8 Å². The van der Waals surface area contributed by atoms with Gasteiger partial charge in [-0.1, -0.05) is 22.5 Å². The molecule has 2 rings (SSSR count). The van der Waals surface area contributed by atoms with Gasteiger partial charge < -0.3 is 38.6 Å². The molecule has 0 N–H and O–H groups in total. The van der Waals surface area contributed by atoms with Gasteiger partial charge in [0.05, 0.1) is 23.3 Å². The van der Waals surface area contributed by atoms with Gasteiger partial charge >= 0.3 is 0 Å². The Morgan fingerprint density at radius 3 is 1.56 bits per heavy atom. The van der Waals surface area contributed by atoms with Crippen molar-refractivity contribution in [1.29, 1.82) is 0 Å². The van der Waals surface area contributed by atoms with E-state index in [4.69, 9.17) is 0 Å². The number of nitrogens with zero attached hydrogens (tertiary/aromatic N) is 6. The largest absolute Gasteiger partial charge is 0.543 e. The lowest BCUT2D eigenvalue weighted by atomic mass is 10.3. The van der Waals surface area contributed by atoms with Crippen molar-refractivity contribution in [3.8, 4) is 0 Å². The summed E-state index contributed by atoms with van der Waals surface area (Å²) in [5.41, 5.74) is -0.436. The number of thiazole rings is 2. The monoisotopic (exact) mass is 478 g/mol. The molecule has 0 bridgehead atoms. The van der Waals surface area contributed by atoms with Crippen molar-refractivity contribution in [3.63, 3.8) is 0 Å². The number of rotatable bonds is 11. The molecule has 2 aromatic heterocycles. The zero-order chi connectivity index (χ0) is 23.7. The first-order valence-electron chi connectivity index (χ1n) is 8.71. The standard InChI is InChI=1S/C18H20N6O6S2/c1-5-7-23-11(13(15(25)26)21-29-3)9-31-17(23)19-20-18-24(8-6-2)12(10-32-18)14(16(27)28)22-30-4/h5-6,9-10H,1-2,7-8H2,3-4H3,(H,25,26)(H,27,28)/p-2/b19-17+,20-18+,21-13+,22-14+. The molecule has 0 amide bonds. The summed E-state index contributed by atoms with van der Waals surface area (Å²) in [4.78, 5) is 32.7. The summed E-state index contributed by atoms with van der Waals surface area (Å²) in [6, 6.07) is 0. The molecular formula is C18H18N6O6S2-2. The van der Waals surface area contributed by atoms with E-state index in [1.165, 1.54) is 34.1 Å². The SMILES string of the molecule is C=CCn1c(/C(=N\OC)C(=O)[O-])cs/c1=N/N=c1/scc(/C(=N\OC)C(=O)[O-])n1CC=C. The van der Waals surface area contributed by atoms with Crippen molar-refractivity contribution < 1.29 is 29.5 Å². The maximum Gasteiger partial charge on any atom is 0.211 e. The van der Waals surface area contributed by atoms with Crippen LogP contribution in [-0.2, 0) is 32.4 Å². The lowest BCUT2D eigenvalue weighted by Gasteiger charge is -2.09. The molecule has 0 unspecified atom stereocenters. The molecule has 0 saturated carbocycles. The van der Waals surface area contributed by atoms with Gasteiger partial charge in [-0.25, -0.2) is 0 Å². The lowest BCUT2D eigenvalue weighted by Crippen LogP contribution is -2.35. The first-order chi connectivity index (χ1) is 15.4. The van der Waals surface area contributed by atoms with Gasteiger partial charge in [-0.2, -0.15) is 0 Å². The number of hydrogen-bond acceptors (Lipinski definition) is 12. The van der Waals surface area contributed by atoms with Crippen molar-refractivity contribution in [3.05, 3.63) is 57.1 Å². The molecule has 12 nitrogen and oxygen atoms in total. The number of carbonyl (C=O) groups is 2. The molecule has 14 heteroatoms. The molecule has 0 spiro atoms. The van der Waals surface area contributed by atoms with E-state index in [-0.39, 0.29) is 24.5 Å². The first kappa shape index (κ1) is 24.5. The van der Waals surface area contributed by atoms with Crippen LogP contribution in [0.3, 0.4) is 0 Å². The Bertz CT molecular complexity index is 1120. The van der Waals surface area contributed by atoms with Crippen LogP contribution in [0.15, 0.2) is 56.6 Å². The van der Waals surface area contributed by atoms with Crippen molar-refractivity contribution in [2.75, 3.05) is 14.2 Å². The summed E-state index contributed by atoms with van der Waals surface area (Å²) in [5.74, 6) is -3.05. The van der Waals surface area contributed by atoms with Gasteiger partial charge in [0.25, 0.3) is 0 Å². The molecule has 170 valence electrons. The summed E-state index contributed by atoms with van der Waals surface area (Å²) >= 11 is 2.21. The van der Waals surface area contributed by atoms with Gasteiger partial charge in [0.2, 0.25) is 9.60 Å². The Morgan fingerprint density at radius 2 is 1.28 bits per heavy atom. The highest BCUT2D eigenvalue weighted by molar-refractivity contribution is 7.07. The molecule has 0 aliphatic heterocycles. The smallest absolute Gasteiger partial charge is 0.211 e. The first-order valence-corrected chi connectivity index (χ1v) is 10.5. The fourth-order valence-corrected chi connectivity index (χ4v) is 4.14. The zero-order valence-electron chi connectivity index (χ0n) is 17.1. The highest BCUT2D eigenvalue weighted by atomic mass is 32.1. The predicted octanol–water partition coefficient (Wildman–Crippen LogP) is -1.60. The second-order valence-electron chi connectivity index (χ2n) is 5.63. The minimum absolute atomic E-state index is 0.197. The van der Waals surface area contributed by atoms with Crippen LogP contribution in [0.2, 0.25) is 0 Å². The fraction of sp³-hybridized carbons (Fsp3) is 0.222. The molecule has 0 saturated heterocycles. The zero-order valence-corrected chi connectivity index (χ0v) is 18.7. The molecule has 0 aliphatic carbocycles. The maximum absolute atomic E-state index is 11.4. The normalized spacial score (nSPS) is 13.2. The van der Waals surface area contributed by atoms with Crippen LogP contribution in [0.5, 0.6) is 0 Å². The van der Waals surface area contributed by atoms with Gasteiger partial charge in [-0.3, -0.25) is 0 Å². The third-order valence-corrected chi connectivity index (χ3v) is 5.38. The lowest BCUT2D eigenvalue weighted by molar-refractivity contribution is -0.295. The number of allylic oxidation sites excluding steroid dienone is 2. The van der Waals surface area contributed by atoms with Gasteiger partial charge in [-0.05, 0) is 0 Å². The van der Waals surface area contributed by atoms with Crippen molar-refractivity contribution in [2.45, 2.75) is 13.1 Å². The van der Waals surface area contributed by atoms with E-state index < -0.39 is 23.4 Å².